The van der Waals surface area contributed by atoms with Crippen molar-refractivity contribution in [3.05, 3.63) is 222 Å². The lowest BCUT2D eigenvalue weighted by Crippen LogP contribution is -2.61. The number of anilines is 5. The van der Waals surface area contributed by atoms with Gasteiger partial charge in [0, 0.05) is 90.9 Å². The first kappa shape index (κ1) is 51.5. The summed E-state index contributed by atoms with van der Waals surface area (Å²) in [5, 5.41) is 6.14. The number of hydrogen-bond acceptors (Lipinski definition) is 5. The van der Waals surface area contributed by atoms with Crippen LogP contribution in [0.15, 0.2) is 205 Å². The van der Waals surface area contributed by atoms with Gasteiger partial charge in [-0.2, -0.15) is 0 Å². The highest BCUT2D eigenvalue weighted by Crippen LogP contribution is 2.57. The first-order valence-electron chi connectivity index (χ1n) is 30.0. The van der Waals surface area contributed by atoms with E-state index in [2.05, 4.69) is 279 Å². The van der Waals surface area contributed by atoms with Crippen LogP contribution in [0.3, 0.4) is 0 Å². The van der Waals surface area contributed by atoms with Crippen LogP contribution in [-0.2, 0) is 21.7 Å². The Labute approximate surface area is 502 Å². The molecular formula is C78H67BN2OS2. The zero-order valence-corrected chi connectivity index (χ0v) is 51.3. The molecule has 1 aliphatic carbocycles. The molecule has 0 amide bonds. The molecular weight excluding hydrogens is 1060 g/mol. The first-order valence-corrected chi connectivity index (χ1v) is 31.7. The lowest BCUT2D eigenvalue weighted by molar-refractivity contribution is 0.332. The smallest absolute Gasteiger partial charge is 0.333 e. The molecule has 3 nitrogen and oxygen atoms in total. The van der Waals surface area contributed by atoms with Crippen molar-refractivity contribution in [2.24, 2.45) is 0 Å². The molecule has 2 aliphatic heterocycles. The molecule has 0 radical (unpaired) electrons. The summed E-state index contributed by atoms with van der Waals surface area (Å²) in [5.74, 6) is 0. The molecule has 84 heavy (non-hydrogen) atoms. The van der Waals surface area contributed by atoms with Crippen molar-refractivity contribution in [2.75, 3.05) is 9.71 Å². The van der Waals surface area contributed by atoms with Gasteiger partial charge in [0.25, 0.3) is 0 Å². The summed E-state index contributed by atoms with van der Waals surface area (Å²) in [6, 6.07) is 76.7. The van der Waals surface area contributed by atoms with Crippen LogP contribution in [0.1, 0.15) is 104 Å². The molecule has 13 aromatic rings. The lowest BCUT2D eigenvalue weighted by Gasteiger charge is -2.46. The fourth-order valence-corrected chi connectivity index (χ4v) is 16.9. The number of benzene rings is 10. The van der Waals surface area contributed by atoms with E-state index in [1.165, 1.54) is 131 Å². The van der Waals surface area contributed by atoms with Crippen molar-refractivity contribution in [2.45, 2.75) is 104 Å². The molecule has 3 aliphatic rings. The largest absolute Gasteiger partial charge is 0.455 e. The summed E-state index contributed by atoms with van der Waals surface area (Å²) < 4.78 is 11.3. The van der Waals surface area contributed by atoms with Crippen LogP contribution in [0.2, 0.25) is 0 Å². The van der Waals surface area contributed by atoms with Crippen molar-refractivity contribution in [1.29, 1.82) is 0 Å². The highest BCUT2D eigenvalue weighted by atomic mass is 32.1. The molecule has 0 spiro atoms. The molecule has 0 N–H and O–H groups in total. The van der Waals surface area contributed by atoms with Crippen LogP contribution < -0.4 is 20.6 Å². The Kier molecular flexibility index (Phi) is 11.1. The van der Waals surface area contributed by atoms with E-state index >= 15 is 0 Å². The van der Waals surface area contributed by atoms with Crippen molar-refractivity contribution in [3.8, 4) is 43.8 Å². The number of hydrogen-bond donors (Lipinski definition) is 0. The fraction of sp³-hybridized carbons (Fsp3) is 0.205. The quantitative estimate of drug-likeness (QED) is 0.160. The lowest BCUT2D eigenvalue weighted by atomic mass is 9.43. The Balaban J connectivity index is 1.09. The van der Waals surface area contributed by atoms with Crippen LogP contribution in [0.25, 0.3) is 96.0 Å². The predicted octanol–water partition coefficient (Wildman–Crippen LogP) is 21.8. The normalized spacial score (nSPS) is 15.3. The standard InChI is InChI=1S/C78H67BN2OS2/c1-75(2,3)49-30-33-51(34-31-49)81-63-45-69-54(55-40-59-60(43-67(55)83-69)78(9,10)37-36-77(59,7)8)39-57(63)71-72-65(41-56-52-28-20-21-29-66(52)82-73(56)71)80(62-35-32-50(76(4,5)6)38-53(62)46-22-14-11-15-23-46)64-42-58-68(44-61(64)79(72)81)84-74(48-26-18-13-19-27-48)70(58)47-24-16-12-17-25-47/h11-35,38-45H,36-37H2,1-10H3. The van der Waals surface area contributed by atoms with Gasteiger partial charge in [-0.1, -0.05) is 197 Å². The Morgan fingerprint density at radius 1 is 0.440 bits per heavy atom. The second-order valence-corrected chi connectivity index (χ2v) is 29.6. The molecule has 3 aromatic heterocycles. The van der Waals surface area contributed by atoms with Gasteiger partial charge >= 0.3 is 6.85 Å². The molecule has 410 valence electrons. The van der Waals surface area contributed by atoms with Crippen LogP contribution in [0, 0.1) is 0 Å². The number of para-hydroxylation sites is 1. The van der Waals surface area contributed by atoms with Crippen LogP contribution in [-0.4, -0.2) is 6.85 Å². The fourth-order valence-electron chi connectivity index (χ4n) is 14.5. The van der Waals surface area contributed by atoms with Crippen molar-refractivity contribution < 1.29 is 4.42 Å². The molecule has 16 rings (SSSR count). The second kappa shape index (κ2) is 18.2. The van der Waals surface area contributed by atoms with Crippen molar-refractivity contribution >= 4 is 121 Å². The summed E-state index contributed by atoms with van der Waals surface area (Å²) >= 11 is 3.87. The van der Waals surface area contributed by atoms with Gasteiger partial charge < -0.3 is 14.1 Å². The third-order valence-corrected chi connectivity index (χ3v) is 21.5. The molecule has 0 saturated carbocycles. The SMILES string of the molecule is CC(C)(C)c1ccc(N2B3c4cc5sc(-c6ccccc6)c(-c6ccccc6)c5cc4N(c4ccc(C(C)(C)C)cc4-c4ccccc4)c4cc5c(oc6ccccc65)c(c43)-c3cc4c(cc32)sc2cc3c(cc24)C(C)(C)CCC3(C)C)cc1. The van der Waals surface area contributed by atoms with Gasteiger partial charge in [-0.15, -0.1) is 22.7 Å². The van der Waals surface area contributed by atoms with Crippen LogP contribution >= 0.6 is 22.7 Å². The Bertz CT molecular complexity index is 4860. The number of fused-ring (bicyclic) bond motifs is 13. The highest BCUT2D eigenvalue weighted by Gasteiger charge is 2.48. The average molecular weight is 1120 g/mol. The van der Waals surface area contributed by atoms with Gasteiger partial charge in [-0.25, -0.2) is 0 Å². The van der Waals surface area contributed by atoms with E-state index in [1.807, 2.05) is 22.7 Å². The number of rotatable bonds is 5. The van der Waals surface area contributed by atoms with Gasteiger partial charge in [0.05, 0.1) is 5.69 Å². The third-order valence-electron chi connectivity index (χ3n) is 19.2. The van der Waals surface area contributed by atoms with E-state index in [0.29, 0.717) is 0 Å². The Morgan fingerprint density at radius 2 is 1.02 bits per heavy atom. The van der Waals surface area contributed by atoms with E-state index in [-0.39, 0.29) is 28.5 Å². The van der Waals surface area contributed by atoms with E-state index in [4.69, 9.17) is 4.42 Å². The van der Waals surface area contributed by atoms with E-state index in [9.17, 15) is 0 Å². The first-order chi connectivity index (χ1) is 40.4. The summed E-state index contributed by atoms with van der Waals surface area (Å²) in [5.41, 5.74) is 24.3. The average Bonchev–Trinajstić information content (AvgIpc) is 1.54. The predicted molar refractivity (Wildman–Crippen MR) is 365 cm³/mol. The second-order valence-electron chi connectivity index (χ2n) is 27.5. The highest BCUT2D eigenvalue weighted by molar-refractivity contribution is 7.26. The summed E-state index contributed by atoms with van der Waals surface area (Å²) in [7, 11) is 0. The Hall–Kier alpha value is -8.16. The monoisotopic (exact) mass is 1120 g/mol. The zero-order chi connectivity index (χ0) is 57.3. The molecule has 10 aromatic carbocycles. The summed E-state index contributed by atoms with van der Waals surface area (Å²) in [6.45, 7) is 23.5. The van der Waals surface area contributed by atoms with Gasteiger partial charge in [0.15, 0.2) is 0 Å². The van der Waals surface area contributed by atoms with Gasteiger partial charge in [-0.05, 0) is 157 Å². The van der Waals surface area contributed by atoms with Gasteiger partial charge in [-0.3, -0.25) is 0 Å². The molecule has 5 heterocycles. The minimum absolute atomic E-state index is 0.0226. The molecule has 0 bridgehead atoms. The van der Waals surface area contributed by atoms with Crippen LogP contribution in [0.4, 0.5) is 28.4 Å². The third kappa shape index (κ3) is 7.75. The van der Waals surface area contributed by atoms with Crippen molar-refractivity contribution in [3.63, 3.8) is 0 Å². The van der Waals surface area contributed by atoms with Gasteiger partial charge in [0.1, 0.15) is 11.2 Å². The molecule has 0 atom stereocenters. The number of nitrogens with zero attached hydrogens (tertiary/aromatic N) is 2. The molecule has 0 fully saturated rings. The van der Waals surface area contributed by atoms with Crippen LogP contribution in [0.5, 0.6) is 0 Å². The molecule has 0 unspecified atom stereocenters. The minimum Gasteiger partial charge on any atom is -0.455 e. The summed E-state index contributed by atoms with van der Waals surface area (Å²) in [4.78, 5) is 6.65. The maximum Gasteiger partial charge on any atom is 0.333 e. The number of thiophene rings is 2. The topological polar surface area (TPSA) is 19.6 Å². The number of furan rings is 1. The zero-order valence-electron chi connectivity index (χ0n) is 49.7. The van der Waals surface area contributed by atoms with Crippen molar-refractivity contribution in [1.82, 2.24) is 0 Å². The maximum atomic E-state index is 7.41. The van der Waals surface area contributed by atoms with E-state index < -0.39 is 0 Å². The molecule has 0 saturated heterocycles. The Morgan fingerprint density at radius 3 is 1.71 bits per heavy atom. The minimum atomic E-state index is -0.256. The van der Waals surface area contributed by atoms with E-state index in [0.717, 1.165) is 39.0 Å². The molecule has 6 heteroatoms. The summed E-state index contributed by atoms with van der Waals surface area (Å²) in [6.07, 6.45) is 2.35. The van der Waals surface area contributed by atoms with E-state index in [1.54, 1.807) is 0 Å². The maximum absolute atomic E-state index is 7.41. The van der Waals surface area contributed by atoms with Gasteiger partial charge in [0.2, 0.25) is 0 Å².